The summed E-state index contributed by atoms with van der Waals surface area (Å²) in [5.41, 5.74) is 6.13. The third-order valence-electron chi connectivity index (χ3n) is 3.33. The van der Waals surface area contributed by atoms with E-state index in [2.05, 4.69) is 10.5 Å². The van der Waals surface area contributed by atoms with Crippen molar-refractivity contribution in [2.45, 2.75) is 6.92 Å². The van der Waals surface area contributed by atoms with Crippen LogP contribution in [0.5, 0.6) is 5.75 Å². The number of hydrogen-bond donors (Lipinski definition) is 1. The Morgan fingerprint density at radius 1 is 1.00 bits per heavy atom. The van der Waals surface area contributed by atoms with Crippen molar-refractivity contribution in [3.8, 4) is 5.75 Å². The highest BCUT2D eigenvalue weighted by molar-refractivity contribution is 6.23. The van der Waals surface area contributed by atoms with E-state index in [4.69, 9.17) is 4.74 Å². The minimum absolute atomic E-state index is 0.00983. The van der Waals surface area contributed by atoms with Crippen molar-refractivity contribution in [3.05, 3.63) is 71.8 Å². The molecule has 3 rings (SSSR count). The van der Waals surface area contributed by atoms with Gasteiger partial charge < -0.3 is 4.74 Å². The highest BCUT2D eigenvalue weighted by atomic mass is 16.5. The Bertz CT molecular complexity index is 746. The molecule has 0 aliphatic heterocycles. The van der Waals surface area contributed by atoms with E-state index in [1.807, 2.05) is 55.5 Å². The van der Waals surface area contributed by atoms with E-state index >= 15 is 0 Å². The van der Waals surface area contributed by atoms with E-state index in [9.17, 15) is 4.79 Å². The molecule has 110 valence electrons. The van der Waals surface area contributed by atoms with Gasteiger partial charge >= 0.3 is 0 Å². The van der Waals surface area contributed by atoms with Crippen LogP contribution in [0.4, 0.5) is 5.69 Å². The number of carbonyl (C=O) groups excluding carboxylic acids is 1. The minimum Gasteiger partial charge on any atom is -0.494 e. The van der Waals surface area contributed by atoms with Crippen molar-refractivity contribution in [3.63, 3.8) is 0 Å². The van der Waals surface area contributed by atoms with Crippen LogP contribution in [0.15, 0.2) is 65.8 Å². The van der Waals surface area contributed by atoms with Crippen molar-refractivity contribution in [1.29, 1.82) is 0 Å². The topological polar surface area (TPSA) is 50.7 Å². The molecule has 4 nitrogen and oxygen atoms in total. The van der Waals surface area contributed by atoms with Crippen LogP contribution in [-0.2, 0) is 0 Å². The van der Waals surface area contributed by atoms with Gasteiger partial charge in [-0.15, -0.1) is 0 Å². The van der Waals surface area contributed by atoms with E-state index in [-0.39, 0.29) is 5.78 Å². The highest BCUT2D eigenvalue weighted by Gasteiger charge is 2.16. The predicted molar refractivity (Wildman–Crippen MR) is 87.7 cm³/mol. The highest BCUT2D eigenvalue weighted by Crippen LogP contribution is 2.19. The average Bonchev–Trinajstić information content (AvgIpc) is 2.56. The van der Waals surface area contributed by atoms with Crippen LogP contribution in [0.2, 0.25) is 0 Å². The Morgan fingerprint density at radius 3 is 2.45 bits per heavy atom. The first-order valence-electron chi connectivity index (χ1n) is 7.16. The molecule has 1 aliphatic rings. The molecule has 0 heterocycles. The molecule has 2 aromatic rings. The number of allylic oxidation sites excluding steroid dienone is 2. The van der Waals surface area contributed by atoms with Crippen molar-refractivity contribution in [2.24, 2.45) is 5.10 Å². The van der Waals surface area contributed by atoms with Gasteiger partial charge in [0.2, 0.25) is 0 Å². The lowest BCUT2D eigenvalue weighted by molar-refractivity contribution is 0.104. The van der Waals surface area contributed by atoms with Crippen LogP contribution in [-0.4, -0.2) is 18.1 Å². The molecule has 0 aromatic heterocycles. The van der Waals surface area contributed by atoms with Gasteiger partial charge in [0.25, 0.3) is 0 Å². The quantitative estimate of drug-likeness (QED) is 0.875. The second-order valence-electron chi connectivity index (χ2n) is 4.81. The van der Waals surface area contributed by atoms with Gasteiger partial charge in [0.1, 0.15) is 5.75 Å². The Hall–Kier alpha value is -2.88. The summed E-state index contributed by atoms with van der Waals surface area (Å²) in [6, 6.07) is 15.0. The zero-order valence-corrected chi connectivity index (χ0v) is 12.2. The fourth-order valence-electron chi connectivity index (χ4n) is 2.27. The predicted octanol–water partition coefficient (Wildman–Crippen LogP) is 3.65. The normalized spacial score (nSPS) is 14.8. The Morgan fingerprint density at radius 2 is 1.73 bits per heavy atom. The zero-order chi connectivity index (χ0) is 15.4. The number of nitrogens with zero attached hydrogens (tertiary/aromatic N) is 1. The number of nitrogens with one attached hydrogen (secondary N) is 1. The fraction of sp³-hybridized carbons (Fsp3) is 0.111. The molecule has 1 aliphatic carbocycles. The van der Waals surface area contributed by atoms with Gasteiger partial charge in [-0.25, -0.2) is 0 Å². The number of rotatable bonds is 4. The number of hydrazone groups is 1. The molecular weight excluding hydrogens is 276 g/mol. The molecule has 0 radical (unpaired) electrons. The zero-order valence-electron chi connectivity index (χ0n) is 12.2. The van der Waals surface area contributed by atoms with Crippen LogP contribution >= 0.6 is 0 Å². The second kappa shape index (κ2) is 6.26. The molecule has 0 atom stereocenters. The van der Waals surface area contributed by atoms with Crippen LogP contribution in [0, 0.1) is 0 Å². The van der Waals surface area contributed by atoms with Gasteiger partial charge in [0, 0.05) is 11.1 Å². The monoisotopic (exact) mass is 292 g/mol. The lowest BCUT2D eigenvalue weighted by atomic mass is 9.94. The maximum Gasteiger partial charge on any atom is 0.186 e. The van der Waals surface area contributed by atoms with Gasteiger partial charge in [0.15, 0.2) is 5.78 Å². The van der Waals surface area contributed by atoms with E-state index < -0.39 is 0 Å². The second-order valence-corrected chi connectivity index (χ2v) is 4.81. The summed E-state index contributed by atoms with van der Waals surface area (Å²) in [5.74, 6) is 0.838. The first kappa shape index (κ1) is 14.1. The minimum atomic E-state index is 0.00983. The molecule has 2 aromatic carbocycles. The Balaban J connectivity index is 1.81. The van der Waals surface area contributed by atoms with E-state index in [0.29, 0.717) is 12.2 Å². The molecule has 0 amide bonds. The first-order chi connectivity index (χ1) is 10.8. The van der Waals surface area contributed by atoms with Crippen LogP contribution < -0.4 is 10.2 Å². The van der Waals surface area contributed by atoms with E-state index in [1.54, 1.807) is 12.2 Å². The molecule has 0 saturated heterocycles. The number of fused-ring (bicyclic) bond motifs is 1. The molecule has 22 heavy (non-hydrogen) atoms. The number of hydrogen-bond acceptors (Lipinski definition) is 4. The lowest BCUT2D eigenvalue weighted by Crippen LogP contribution is -2.13. The summed E-state index contributed by atoms with van der Waals surface area (Å²) >= 11 is 0. The lowest BCUT2D eigenvalue weighted by Gasteiger charge is -2.12. The summed E-state index contributed by atoms with van der Waals surface area (Å²) in [4.78, 5) is 11.8. The van der Waals surface area contributed by atoms with Gasteiger partial charge in [-0.3, -0.25) is 10.2 Å². The average molecular weight is 292 g/mol. The number of ether oxygens (including phenoxy) is 1. The number of benzene rings is 2. The Kier molecular flexibility index (Phi) is 4.01. The van der Waals surface area contributed by atoms with Crippen LogP contribution in [0.1, 0.15) is 22.8 Å². The molecule has 1 N–H and O–H groups in total. The first-order valence-corrected chi connectivity index (χ1v) is 7.16. The number of ketones is 1. The van der Waals surface area contributed by atoms with Crippen molar-refractivity contribution in [2.75, 3.05) is 12.0 Å². The van der Waals surface area contributed by atoms with Crippen molar-refractivity contribution >= 4 is 17.2 Å². The summed E-state index contributed by atoms with van der Waals surface area (Å²) in [6.07, 6.45) is 3.27. The molecule has 0 unspecified atom stereocenters. The summed E-state index contributed by atoms with van der Waals surface area (Å²) in [5, 5.41) is 4.39. The Labute approximate surface area is 129 Å². The standard InChI is InChI=1S/C18H16N2O2/c1-2-22-14-9-7-13(8-10-14)19-20-17-11-12-18(21)16-6-4-3-5-15(16)17/h3-12,19H,2H2,1H3/b20-17+. The van der Waals surface area contributed by atoms with Crippen molar-refractivity contribution < 1.29 is 9.53 Å². The maximum atomic E-state index is 11.8. The van der Waals surface area contributed by atoms with Crippen LogP contribution in [0.3, 0.4) is 0 Å². The fourth-order valence-corrected chi connectivity index (χ4v) is 2.27. The van der Waals surface area contributed by atoms with Gasteiger partial charge in [-0.1, -0.05) is 24.3 Å². The van der Waals surface area contributed by atoms with Crippen molar-refractivity contribution in [1.82, 2.24) is 0 Å². The summed E-state index contributed by atoms with van der Waals surface area (Å²) in [7, 11) is 0. The molecular formula is C18H16N2O2. The van der Waals surface area contributed by atoms with E-state index in [1.165, 1.54) is 0 Å². The molecule has 0 saturated carbocycles. The maximum absolute atomic E-state index is 11.8. The molecule has 4 heteroatoms. The van der Waals surface area contributed by atoms with Gasteiger partial charge in [-0.05, 0) is 43.3 Å². The van der Waals surface area contributed by atoms with Gasteiger partial charge in [-0.2, -0.15) is 5.10 Å². The molecule has 0 spiro atoms. The molecule has 0 fully saturated rings. The molecule has 0 bridgehead atoms. The summed E-state index contributed by atoms with van der Waals surface area (Å²) in [6.45, 7) is 2.59. The third-order valence-corrected chi connectivity index (χ3v) is 3.33. The van der Waals surface area contributed by atoms with E-state index in [0.717, 1.165) is 22.7 Å². The number of carbonyl (C=O) groups is 1. The van der Waals surface area contributed by atoms with Crippen LogP contribution in [0.25, 0.3) is 0 Å². The third kappa shape index (κ3) is 2.91. The summed E-state index contributed by atoms with van der Waals surface area (Å²) < 4.78 is 5.40. The van der Waals surface area contributed by atoms with Gasteiger partial charge in [0.05, 0.1) is 18.0 Å². The smallest absolute Gasteiger partial charge is 0.186 e. The number of anilines is 1. The largest absolute Gasteiger partial charge is 0.494 e. The SMILES string of the molecule is CCOc1ccc(N/N=C2\C=CC(=O)c3ccccc32)cc1.